The molecule has 1 aromatic carbocycles. The maximum atomic E-state index is 4.62. The van der Waals surface area contributed by atoms with Crippen molar-refractivity contribution in [3.8, 4) is 0 Å². The lowest BCUT2D eigenvalue weighted by Gasteiger charge is -2.24. The molecule has 0 aliphatic carbocycles. The zero-order valence-corrected chi connectivity index (χ0v) is 12.8. The second kappa shape index (κ2) is 6.27. The molecule has 2 heterocycles. The van der Waals surface area contributed by atoms with Crippen molar-refractivity contribution in [3.05, 3.63) is 59.4 Å². The molecule has 0 saturated carbocycles. The van der Waals surface area contributed by atoms with Crippen LogP contribution in [0.1, 0.15) is 29.8 Å². The second-order valence-corrected chi connectivity index (χ2v) is 5.76. The van der Waals surface area contributed by atoms with E-state index in [1.807, 2.05) is 0 Å². The Hall–Kier alpha value is -1.87. The maximum Gasteiger partial charge on any atom is 0.0547 e. The van der Waals surface area contributed by atoms with E-state index in [1.54, 1.807) is 0 Å². The van der Waals surface area contributed by atoms with Crippen LogP contribution >= 0.6 is 0 Å². The summed E-state index contributed by atoms with van der Waals surface area (Å²) < 4.78 is 0. The van der Waals surface area contributed by atoms with E-state index in [2.05, 4.69) is 71.5 Å². The van der Waals surface area contributed by atoms with Gasteiger partial charge in [-0.05, 0) is 37.2 Å². The van der Waals surface area contributed by atoms with Crippen LogP contribution in [0.2, 0.25) is 0 Å². The number of pyridine rings is 1. The molecule has 1 aromatic heterocycles. The van der Waals surface area contributed by atoms with Gasteiger partial charge in [0.05, 0.1) is 5.69 Å². The standard InChI is InChI=1S/C18H23N3/c1-3-21(13-16-8-6-7-14(2)20-16)12-15-11-19-18-10-5-4-9-17(15)18/h4-10,15,19H,3,11-13H2,1-2H3. The lowest BCUT2D eigenvalue weighted by molar-refractivity contribution is 0.263. The van der Waals surface area contributed by atoms with E-state index in [9.17, 15) is 0 Å². The lowest BCUT2D eigenvalue weighted by Crippen LogP contribution is -2.29. The average Bonchev–Trinajstić information content (AvgIpc) is 2.90. The van der Waals surface area contributed by atoms with E-state index in [0.29, 0.717) is 5.92 Å². The summed E-state index contributed by atoms with van der Waals surface area (Å²) in [5.41, 5.74) is 5.01. The quantitative estimate of drug-likeness (QED) is 0.910. The van der Waals surface area contributed by atoms with Crippen molar-refractivity contribution in [2.24, 2.45) is 0 Å². The fourth-order valence-electron chi connectivity index (χ4n) is 3.05. The topological polar surface area (TPSA) is 28.2 Å². The van der Waals surface area contributed by atoms with Gasteiger partial charge in [0, 0.05) is 36.9 Å². The van der Waals surface area contributed by atoms with Gasteiger partial charge in [0.15, 0.2) is 0 Å². The zero-order chi connectivity index (χ0) is 14.7. The van der Waals surface area contributed by atoms with Crippen molar-refractivity contribution in [3.63, 3.8) is 0 Å². The summed E-state index contributed by atoms with van der Waals surface area (Å²) in [6.07, 6.45) is 0. The molecule has 1 atom stereocenters. The molecule has 2 aromatic rings. The van der Waals surface area contributed by atoms with Gasteiger partial charge < -0.3 is 5.32 Å². The summed E-state index contributed by atoms with van der Waals surface area (Å²) in [4.78, 5) is 7.10. The molecule has 3 heteroatoms. The van der Waals surface area contributed by atoms with E-state index in [0.717, 1.165) is 37.6 Å². The van der Waals surface area contributed by atoms with Crippen molar-refractivity contribution < 1.29 is 0 Å². The Bertz CT molecular complexity index is 609. The number of fused-ring (bicyclic) bond motifs is 1. The number of para-hydroxylation sites is 1. The molecular formula is C18H23N3. The largest absolute Gasteiger partial charge is 0.384 e. The molecule has 1 unspecified atom stereocenters. The SMILES string of the molecule is CCN(Cc1cccc(C)n1)CC1CNc2ccccc21. The minimum Gasteiger partial charge on any atom is -0.384 e. The molecule has 0 bridgehead atoms. The van der Waals surface area contributed by atoms with Gasteiger partial charge in [0.2, 0.25) is 0 Å². The van der Waals surface area contributed by atoms with Crippen LogP contribution < -0.4 is 5.32 Å². The van der Waals surface area contributed by atoms with E-state index >= 15 is 0 Å². The molecule has 3 rings (SSSR count). The molecule has 0 amide bonds. The molecule has 0 fully saturated rings. The number of hydrogen-bond donors (Lipinski definition) is 1. The van der Waals surface area contributed by atoms with Crippen molar-refractivity contribution >= 4 is 5.69 Å². The fraction of sp³-hybridized carbons (Fsp3) is 0.389. The van der Waals surface area contributed by atoms with Gasteiger partial charge in [-0.2, -0.15) is 0 Å². The first kappa shape index (κ1) is 14.1. The molecule has 110 valence electrons. The summed E-state index contributed by atoms with van der Waals surface area (Å²) in [5, 5.41) is 3.51. The van der Waals surface area contributed by atoms with Crippen LogP contribution in [0.15, 0.2) is 42.5 Å². The predicted molar refractivity (Wildman–Crippen MR) is 87.6 cm³/mol. The average molecular weight is 281 g/mol. The zero-order valence-electron chi connectivity index (χ0n) is 12.8. The smallest absolute Gasteiger partial charge is 0.0547 e. The molecule has 0 spiro atoms. The van der Waals surface area contributed by atoms with Crippen molar-refractivity contribution in [2.75, 3.05) is 25.0 Å². The highest BCUT2D eigenvalue weighted by Gasteiger charge is 2.23. The molecule has 3 nitrogen and oxygen atoms in total. The van der Waals surface area contributed by atoms with E-state index in [-0.39, 0.29) is 0 Å². The summed E-state index contributed by atoms with van der Waals surface area (Å²) >= 11 is 0. The van der Waals surface area contributed by atoms with Crippen LogP contribution in [0.5, 0.6) is 0 Å². The summed E-state index contributed by atoms with van der Waals surface area (Å²) in [7, 11) is 0. The minimum absolute atomic E-state index is 0.575. The lowest BCUT2D eigenvalue weighted by atomic mass is 10.0. The predicted octanol–water partition coefficient (Wildman–Crippen LogP) is 3.42. The van der Waals surface area contributed by atoms with Crippen LogP contribution in [0.25, 0.3) is 0 Å². The van der Waals surface area contributed by atoms with Crippen LogP contribution in [-0.2, 0) is 6.54 Å². The molecule has 0 radical (unpaired) electrons. The second-order valence-electron chi connectivity index (χ2n) is 5.76. The summed E-state index contributed by atoms with van der Waals surface area (Å²) in [6, 6.07) is 14.9. The van der Waals surface area contributed by atoms with Crippen molar-refractivity contribution in [1.29, 1.82) is 0 Å². The van der Waals surface area contributed by atoms with E-state index in [4.69, 9.17) is 0 Å². The third kappa shape index (κ3) is 3.24. The molecule has 1 aliphatic heterocycles. The third-order valence-corrected chi connectivity index (χ3v) is 4.20. The van der Waals surface area contributed by atoms with Crippen LogP contribution in [0, 0.1) is 6.92 Å². The van der Waals surface area contributed by atoms with Crippen molar-refractivity contribution in [2.45, 2.75) is 26.3 Å². The Morgan fingerprint density at radius 1 is 1.19 bits per heavy atom. The highest BCUT2D eigenvalue weighted by atomic mass is 15.1. The Kier molecular flexibility index (Phi) is 4.20. The van der Waals surface area contributed by atoms with Crippen molar-refractivity contribution in [1.82, 2.24) is 9.88 Å². The first-order valence-corrected chi connectivity index (χ1v) is 7.74. The number of aryl methyl sites for hydroxylation is 1. The number of likely N-dealkylation sites (N-methyl/N-ethyl adjacent to an activating group) is 1. The minimum atomic E-state index is 0.575. The van der Waals surface area contributed by atoms with Gasteiger partial charge in [-0.1, -0.05) is 31.2 Å². The first-order chi connectivity index (χ1) is 10.3. The van der Waals surface area contributed by atoms with Gasteiger partial charge in [-0.3, -0.25) is 9.88 Å². The summed E-state index contributed by atoms with van der Waals surface area (Å²) in [5.74, 6) is 0.575. The monoisotopic (exact) mass is 281 g/mol. The van der Waals surface area contributed by atoms with Crippen LogP contribution in [0.4, 0.5) is 5.69 Å². The Balaban J connectivity index is 1.68. The molecular weight excluding hydrogens is 258 g/mol. The van der Waals surface area contributed by atoms with Gasteiger partial charge in [0.1, 0.15) is 0 Å². The normalized spacial score (nSPS) is 16.8. The van der Waals surface area contributed by atoms with Crippen LogP contribution in [-0.4, -0.2) is 29.5 Å². The number of nitrogens with one attached hydrogen (secondary N) is 1. The number of nitrogens with zero attached hydrogens (tertiary/aromatic N) is 2. The number of anilines is 1. The maximum absolute atomic E-state index is 4.62. The number of aromatic nitrogens is 1. The molecule has 1 N–H and O–H groups in total. The molecule has 1 aliphatic rings. The number of hydrogen-bond acceptors (Lipinski definition) is 3. The van der Waals surface area contributed by atoms with Gasteiger partial charge in [-0.25, -0.2) is 0 Å². The summed E-state index contributed by atoms with van der Waals surface area (Å²) in [6.45, 7) is 8.37. The number of benzene rings is 1. The van der Waals surface area contributed by atoms with Gasteiger partial charge in [0.25, 0.3) is 0 Å². The van der Waals surface area contributed by atoms with E-state index < -0.39 is 0 Å². The fourth-order valence-corrected chi connectivity index (χ4v) is 3.05. The first-order valence-electron chi connectivity index (χ1n) is 7.74. The third-order valence-electron chi connectivity index (χ3n) is 4.20. The molecule has 21 heavy (non-hydrogen) atoms. The van der Waals surface area contributed by atoms with Crippen LogP contribution in [0.3, 0.4) is 0 Å². The molecule has 0 saturated heterocycles. The van der Waals surface area contributed by atoms with Gasteiger partial charge >= 0.3 is 0 Å². The Morgan fingerprint density at radius 3 is 2.86 bits per heavy atom. The Morgan fingerprint density at radius 2 is 2.05 bits per heavy atom. The van der Waals surface area contributed by atoms with Gasteiger partial charge in [-0.15, -0.1) is 0 Å². The highest BCUT2D eigenvalue weighted by Crippen LogP contribution is 2.31. The van der Waals surface area contributed by atoms with E-state index in [1.165, 1.54) is 11.3 Å². The highest BCUT2D eigenvalue weighted by molar-refractivity contribution is 5.57. The number of rotatable bonds is 5. The Labute approximate surface area is 127 Å².